The van der Waals surface area contributed by atoms with Crippen molar-refractivity contribution >= 4 is 57.2 Å². The highest BCUT2D eigenvalue weighted by Gasteiger charge is 2.12. The van der Waals surface area contributed by atoms with Crippen LogP contribution in [0.4, 0.5) is 5.69 Å². The molecular formula is C18H11Cl2N3O3S. The van der Waals surface area contributed by atoms with Gasteiger partial charge in [0.25, 0.3) is 5.91 Å². The van der Waals surface area contributed by atoms with Crippen molar-refractivity contribution in [3.63, 3.8) is 0 Å². The van der Waals surface area contributed by atoms with Crippen LogP contribution in [0.15, 0.2) is 52.5 Å². The number of carbonyl (C=O) groups excluding carboxylic acids is 1. The molecule has 4 aromatic rings. The van der Waals surface area contributed by atoms with Gasteiger partial charge < -0.3 is 14.5 Å². The van der Waals surface area contributed by atoms with E-state index in [9.17, 15) is 4.79 Å². The lowest BCUT2D eigenvalue weighted by atomic mass is 10.3. The van der Waals surface area contributed by atoms with Crippen molar-refractivity contribution in [2.24, 2.45) is 0 Å². The van der Waals surface area contributed by atoms with Crippen molar-refractivity contribution in [3.8, 4) is 16.5 Å². The average molecular weight is 420 g/mol. The molecule has 0 aliphatic rings. The zero-order chi connectivity index (χ0) is 18.8. The number of fused-ring (bicyclic) bond motifs is 1. The minimum atomic E-state index is -0.337. The van der Waals surface area contributed by atoms with Crippen molar-refractivity contribution in [1.82, 2.24) is 9.97 Å². The van der Waals surface area contributed by atoms with E-state index in [1.807, 2.05) is 0 Å². The SMILES string of the molecule is O=C(COc1cccc(Cl)c1Cl)Nc1ccc2oc(-c3cncs3)nc2c1. The summed E-state index contributed by atoms with van der Waals surface area (Å²) < 4.78 is 11.1. The Balaban J connectivity index is 1.45. The summed E-state index contributed by atoms with van der Waals surface area (Å²) in [4.78, 5) is 21.4. The topological polar surface area (TPSA) is 77.2 Å². The van der Waals surface area contributed by atoms with E-state index in [-0.39, 0.29) is 17.5 Å². The van der Waals surface area contributed by atoms with Crippen LogP contribution in [0.2, 0.25) is 10.0 Å². The number of aromatic nitrogens is 2. The van der Waals surface area contributed by atoms with Gasteiger partial charge in [0.05, 0.1) is 16.7 Å². The average Bonchev–Trinajstić information content (AvgIpc) is 3.31. The standard InChI is InChI=1S/C18H11Cl2N3O3S/c19-11-2-1-3-14(17(11)20)25-8-16(24)22-10-4-5-13-12(6-10)23-18(26-13)15-7-21-9-27-15/h1-7,9H,8H2,(H,22,24). The largest absolute Gasteiger partial charge is 0.482 e. The molecule has 4 rings (SSSR count). The second kappa shape index (κ2) is 7.56. The summed E-state index contributed by atoms with van der Waals surface area (Å²) in [5.41, 5.74) is 3.55. The predicted molar refractivity (Wildman–Crippen MR) is 106 cm³/mol. The van der Waals surface area contributed by atoms with Gasteiger partial charge in [0, 0.05) is 5.69 Å². The van der Waals surface area contributed by atoms with Crippen LogP contribution in [0.3, 0.4) is 0 Å². The van der Waals surface area contributed by atoms with E-state index >= 15 is 0 Å². The zero-order valence-corrected chi connectivity index (χ0v) is 15.9. The fourth-order valence-electron chi connectivity index (χ4n) is 2.37. The third-order valence-corrected chi connectivity index (χ3v) is 5.15. The molecular weight excluding hydrogens is 409 g/mol. The Labute approximate surface area is 167 Å². The summed E-state index contributed by atoms with van der Waals surface area (Å²) in [5.74, 6) is 0.506. The number of rotatable bonds is 5. The monoisotopic (exact) mass is 419 g/mol. The van der Waals surface area contributed by atoms with Gasteiger partial charge >= 0.3 is 0 Å². The summed E-state index contributed by atoms with van der Waals surface area (Å²) in [6.45, 7) is -0.205. The van der Waals surface area contributed by atoms with Gasteiger partial charge in [-0.15, -0.1) is 11.3 Å². The van der Waals surface area contributed by atoms with Crippen molar-refractivity contribution in [1.29, 1.82) is 0 Å². The third kappa shape index (κ3) is 3.90. The maximum Gasteiger partial charge on any atom is 0.262 e. The molecule has 136 valence electrons. The normalized spacial score (nSPS) is 10.9. The van der Waals surface area contributed by atoms with E-state index in [4.69, 9.17) is 32.4 Å². The lowest BCUT2D eigenvalue weighted by Crippen LogP contribution is -2.20. The number of benzene rings is 2. The van der Waals surface area contributed by atoms with Crippen LogP contribution < -0.4 is 10.1 Å². The minimum absolute atomic E-state index is 0.205. The number of nitrogens with zero attached hydrogens (tertiary/aromatic N) is 2. The molecule has 27 heavy (non-hydrogen) atoms. The summed E-state index contributed by atoms with van der Waals surface area (Å²) in [5, 5.41) is 3.38. The first-order chi connectivity index (χ1) is 13.1. The highest BCUT2D eigenvalue weighted by molar-refractivity contribution is 7.13. The Hall–Kier alpha value is -2.61. The Morgan fingerprint density at radius 2 is 2.15 bits per heavy atom. The van der Waals surface area contributed by atoms with Gasteiger partial charge in [-0.3, -0.25) is 9.78 Å². The molecule has 6 nitrogen and oxygen atoms in total. The van der Waals surface area contributed by atoms with E-state index in [0.717, 1.165) is 4.88 Å². The van der Waals surface area contributed by atoms with Gasteiger partial charge in [-0.1, -0.05) is 29.3 Å². The summed E-state index contributed by atoms with van der Waals surface area (Å²) in [6, 6.07) is 10.2. The van der Waals surface area contributed by atoms with Gasteiger partial charge in [-0.05, 0) is 30.3 Å². The maximum absolute atomic E-state index is 12.1. The predicted octanol–water partition coefficient (Wildman–Crippen LogP) is 5.28. The maximum atomic E-state index is 12.1. The molecule has 0 atom stereocenters. The molecule has 0 aliphatic carbocycles. The van der Waals surface area contributed by atoms with Gasteiger partial charge in [-0.25, -0.2) is 4.98 Å². The lowest BCUT2D eigenvalue weighted by molar-refractivity contribution is -0.118. The Morgan fingerprint density at radius 3 is 2.96 bits per heavy atom. The fourth-order valence-corrected chi connectivity index (χ4v) is 3.26. The first kappa shape index (κ1) is 17.8. The van der Waals surface area contributed by atoms with Gasteiger partial charge in [0.2, 0.25) is 5.89 Å². The summed E-state index contributed by atoms with van der Waals surface area (Å²) in [6.07, 6.45) is 1.69. The summed E-state index contributed by atoms with van der Waals surface area (Å²) >= 11 is 13.4. The minimum Gasteiger partial charge on any atom is -0.482 e. The van der Waals surface area contributed by atoms with Gasteiger partial charge in [-0.2, -0.15) is 0 Å². The van der Waals surface area contributed by atoms with Crippen LogP contribution in [0, 0.1) is 0 Å². The van der Waals surface area contributed by atoms with E-state index < -0.39 is 0 Å². The van der Waals surface area contributed by atoms with Crippen LogP contribution in [0.5, 0.6) is 5.75 Å². The number of hydrogen-bond acceptors (Lipinski definition) is 6. The van der Waals surface area contributed by atoms with Crippen LogP contribution >= 0.6 is 34.5 Å². The smallest absolute Gasteiger partial charge is 0.262 e. The van der Waals surface area contributed by atoms with Crippen LogP contribution in [0.25, 0.3) is 21.9 Å². The second-order valence-electron chi connectivity index (χ2n) is 5.46. The molecule has 2 aromatic carbocycles. The number of carbonyl (C=O) groups is 1. The van der Waals surface area contributed by atoms with Crippen molar-refractivity contribution in [3.05, 3.63) is 58.2 Å². The molecule has 0 radical (unpaired) electrons. The Bertz CT molecular complexity index is 1110. The molecule has 1 amide bonds. The second-order valence-corrected chi connectivity index (χ2v) is 7.13. The number of hydrogen-bond donors (Lipinski definition) is 1. The van der Waals surface area contributed by atoms with E-state index in [0.29, 0.717) is 33.4 Å². The molecule has 0 fully saturated rings. The first-order valence-electron chi connectivity index (χ1n) is 7.76. The number of thiazole rings is 1. The number of nitrogens with one attached hydrogen (secondary N) is 1. The van der Waals surface area contributed by atoms with E-state index in [1.165, 1.54) is 11.3 Å². The highest BCUT2D eigenvalue weighted by Crippen LogP contribution is 2.31. The molecule has 2 aromatic heterocycles. The number of halogens is 2. The highest BCUT2D eigenvalue weighted by atomic mass is 35.5. The molecule has 9 heteroatoms. The van der Waals surface area contributed by atoms with Crippen molar-refractivity contribution < 1.29 is 13.9 Å². The first-order valence-corrected chi connectivity index (χ1v) is 9.40. The fraction of sp³-hybridized carbons (Fsp3) is 0.0556. The number of amides is 1. The lowest BCUT2D eigenvalue weighted by Gasteiger charge is -2.09. The van der Waals surface area contributed by atoms with Crippen LogP contribution in [-0.4, -0.2) is 22.5 Å². The quantitative estimate of drug-likeness (QED) is 0.476. The van der Waals surface area contributed by atoms with E-state index in [1.54, 1.807) is 48.1 Å². The molecule has 0 spiro atoms. The number of anilines is 1. The van der Waals surface area contributed by atoms with Gasteiger partial charge in [0.1, 0.15) is 21.2 Å². The number of oxazole rings is 1. The van der Waals surface area contributed by atoms with Crippen molar-refractivity contribution in [2.75, 3.05) is 11.9 Å². The third-order valence-electron chi connectivity index (χ3n) is 3.59. The van der Waals surface area contributed by atoms with Gasteiger partial charge in [0.15, 0.2) is 12.2 Å². The molecule has 1 N–H and O–H groups in total. The zero-order valence-electron chi connectivity index (χ0n) is 13.6. The molecule has 0 bridgehead atoms. The molecule has 2 heterocycles. The van der Waals surface area contributed by atoms with Crippen LogP contribution in [-0.2, 0) is 4.79 Å². The van der Waals surface area contributed by atoms with E-state index in [2.05, 4.69) is 15.3 Å². The van der Waals surface area contributed by atoms with Crippen molar-refractivity contribution in [2.45, 2.75) is 0 Å². The molecule has 0 unspecified atom stereocenters. The Kier molecular flexibility index (Phi) is 4.98. The molecule has 0 aliphatic heterocycles. The van der Waals surface area contributed by atoms with Crippen LogP contribution in [0.1, 0.15) is 0 Å². The number of ether oxygens (including phenoxy) is 1. The molecule has 0 saturated heterocycles. The molecule has 0 saturated carbocycles. The Morgan fingerprint density at radius 1 is 1.26 bits per heavy atom. The summed E-state index contributed by atoms with van der Waals surface area (Å²) in [7, 11) is 0.